The van der Waals surface area contributed by atoms with Crippen molar-refractivity contribution in [2.45, 2.75) is 13.1 Å². The summed E-state index contributed by atoms with van der Waals surface area (Å²) < 4.78 is 4.60. The molecule has 0 fully saturated rings. The Kier molecular flexibility index (Phi) is 3.07. The minimum atomic E-state index is 0.566. The van der Waals surface area contributed by atoms with E-state index in [0.29, 0.717) is 18.9 Å². The third kappa shape index (κ3) is 2.62. The van der Waals surface area contributed by atoms with Gasteiger partial charge >= 0.3 is 0 Å². The molecule has 2 rings (SSSR count). The molecule has 0 radical (unpaired) electrons. The lowest BCUT2D eigenvalue weighted by atomic mass is 10.4. The zero-order valence-electron chi connectivity index (χ0n) is 7.80. The second kappa shape index (κ2) is 4.68. The molecule has 6 heteroatoms. The van der Waals surface area contributed by atoms with E-state index in [1.165, 1.54) is 17.7 Å². The first kappa shape index (κ1) is 9.83. The van der Waals surface area contributed by atoms with Crippen LogP contribution in [-0.2, 0) is 13.1 Å². The first-order chi connectivity index (χ1) is 7.38. The van der Waals surface area contributed by atoms with Gasteiger partial charge in [-0.25, -0.2) is 0 Å². The van der Waals surface area contributed by atoms with Gasteiger partial charge in [-0.2, -0.15) is 10.2 Å². The minimum Gasteiger partial charge on any atom is -0.343 e. The highest BCUT2D eigenvalue weighted by atomic mass is 32.1. The molecule has 1 N–H and O–H groups in total. The van der Waals surface area contributed by atoms with Crippen molar-refractivity contribution in [3.63, 3.8) is 0 Å². The summed E-state index contributed by atoms with van der Waals surface area (Å²) in [5, 5.41) is 15.5. The van der Waals surface area contributed by atoms with E-state index in [2.05, 4.69) is 26.0 Å². The number of thiophene rings is 1. The van der Waals surface area contributed by atoms with Gasteiger partial charge in [-0.15, -0.1) is 11.3 Å². The Morgan fingerprint density at radius 3 is 3.07 bits per heavy atom. The van der Waals surface area contributed by atoms with Crippen LogP contribution in [0.25, 0.3) is 0 Å². The Labute approximate surface area is 90.4 Å². The van der Waals surface area contributed by atoms with Gasteiger partial charge in [-0.1, -0.05) is 5.16 Å². The molecule has 0 saturated heterocycles. The molecule has 5 nitrogen and oxygen atoms in total. The van der Waals surface area contributed by atoms with Crippen molar-refractivity contribution in [2.75, 3.05) is 0 Å². The van der Waals surface area contributed by atoms with Crippen LogP contribution in [0.1, 0.15) is 15.6 Å². The summed E-state index contributed by atoms with van der Waals surface area (Å²) in [6.45, 7) is 1.27. The van der Waals surface area contributed by atoms with E-state index in [9.17, 15) is 0 Å². The molecule has 0 bridgehead atoms. The van der Waals surface area contributed by atoms with Gasteiger partial charge in [-0.3, -0.25) is 0 Å². The maximum absolute atomic E-state index is 8.63. The second-order valence-electron chi connectivity index (χ2n) is 2.83. The average molecular weight is 220 g/mol. The molecular weight excluding hydrogens is 212 g/mol. The van der Waals surface area contributed by atoms with Gasteiger partial charge in [0.05, 0.1) is 6.54 Å². The van der Waals surface area contributed by atoms with E-state index in [1.807, 2.05) is 12.1 Å². The van der Waals surface area contributed by atoms with E-state index in [-0.39, 0.29) is 0 Å². The van der Waals surface area contributed by atoms with Gasteiger partial charge in [0.2, 0.25) is 6.39 Å². The van der Waals surface area contributed by atoms with Gasteiger partial charge in [0.1, 0.15) is 10.9 Å². The van der Waals surface area contributed by atoms with Crippen molar-refractivity contribution in [2.24, 2.45) is 0 Å². The van der Waals surface area contributed by atoms with Crippen LogP contribution in [0.15, 0.2) is 23.0 Å². The number of aromatic nitrogens is 2. The van der Waals surface area contributed by atoms with E-state index in [1.54, 1.807) is 0 Å². The summed E-state index contributed by atoms with van der Waals surface area (Å²) >= 11 is 1.48. The van der Waals surface area contributed by atoms with Crippen molar-refractivity contribution >= 4 is 11.3 Å². The number of nitriles is 1. The standard InChI is InChI=1S/C9H8N4OS/c10-3-7-1-2-8(15-7)4-11-5-9-12-6-14-13-9/h1-2,6,11H,4-5H2. The van der Waals surface area contributed by atoms with Gasteiger partial charge in [0.25, 0.3) is 0 Å². The largest absolute Gasteiger partial charge is 0.343 e. The van der Waals surface area contributed by atoms with Gasteiger partial charge in [0.15, 0.2) is 5.82 Å². The van der Waals surface area contributed by atoms with Crippen molar-refractivity contribution in [3.8, 4) is 6.07 Å². The van der Waals surface area contributed by atoms with E-state index >= 15 is 0 Å². The zero-order valence-corrected chi connectivity index (χ0v) is 8.62. The van der Waals surface area contributed by atoms with Crippen LogP contribution in [0.4, 0.5) is 0 Å². The zero-order chi connectivity index (χ0) is 10.5. The molecule has 15 heavy (non-hydrogen) atoms. The lowest BCUT2D eigenvalue weighted by molar-refractivity contribution is 0.407. The topological polar surface area (TPSA) is 74.7 Å². The monoisotopic (exact) mass is 220 g/mol. The Bertz CT molecular complexity index is 457. The number of hydrogen-bond acceptors (Lipinski definition) is 6. The molecule has 0 aliphatic carbocycles. The average Bonchev–Trinajstić information content (AvgIpc) is 2.88. The molecule has 0 amide bonds. The third-order valence-corrected chi connectivity index (χ3v) is 2.75. The molecule has 0 spiro atoms. The normalized spacial score (nSPS) is 10.1. The fraction of sp³-hybridized carbons (Fsp3) is 0.222. The molecule has 0 atom stereocenters. The molecule has 0 aliphatic heterocycles. The molecular formula is C9H8N4OS. The summed E-state index contributed by atoms with van der Waals surface area (Å²) in [5.41, 5.74) is 0. The molecule has 2 aromatic heterocycles. The quantitative estimate of drug-likeness (QED) is 0.840. The summed E-state index contributed by atoms with van der Waals surface area (Å²) in [7, 11) is 0. The van der Waals surface area contributed by atoms with Crippen LogP contribution in [-0.4, -0.2) is 10.1 Å². The minimum absolute atomic E-state index is 0.566. The van der Waals surface area contributed by atoms with Crippen LogP contribution < -0.4 is 5.32 Å². The van der Waals surface area contributed by atoms with E-state index in [0.717, 1.165) is 9.75 Å². The predicted molar refractivity (Wildman–Crippen MR) is 53.9 cm³/mol. The lowest BCUT2D eigenvalue weighted by Gasteiger charge is -1.97. The van der Waals surface area contributed by atoms with Crippen LogP contribution >= 0.6 is 11.3 Å². The van der Waals surface area contributed by atoms with Crippen LogP contribution in [0.5, 0.6) is 0 Å². The molecule has 0 unspecified atom stereocenters. The third-order valence-electron chi connectivity index (χ3n) is 1.76. The van der Waals surface area contributed by atoms with E-state index in [4.69, 9.17) is 5.26 Å². The Balaban J connectivity index is 1.81. The summed E-state index contributed by atoms with van der Waals surface area (Å²) in [4.78, 5) is 5.73. The smallest absolute Gasteiger partial charge is 0.213 e. The summed E-state index contributed by atoms with van der Waals surface area (Å²) in [6.07, 6.45) is 1.30. The first-order valence-corrected chi connectivity index (χ1v) is 5.15. The van der Waals surface area contributed by atoms with Gasteiger partial charge in [0, 0.05) is 11.4 Å². The fourth-order valence-electron chi connectivity index (χ4n) is 1.10. The maximum atomic E-state index is 8.63. The number of hydrogen-bond donors (Lipinski definition) is 1. The van der Waals surface area contributed by atoms with E-state index < -0.39 is 0 Å². The Morgan fingerprint density at radius 1 is 1.47 bits per heavy atom. The molecule has 2 aromatic rings. The predicted octanol–water partition coefficient (Wildman–Crippen LogP) is 1.29. The fourth-order valence-corrected chi connectivity index (χ4v) is 1.88. The number of nitrogens with one attached hydrogen (secondary N) is 1. The number of nitrogens with zero attached hydrogens (tertiary/aromatic N) is 3. The van der Waals surface area contributed by atoms with Crippen molar-refractivity contribution in [1.82, 2.24) is 15.5 Å². The van der Waals surface area contributed by atoms with Crippen LogP contribution in [0.2, 0.25) is 0 Å². The second-order valence-corrected chi connectivity index (χ2v) is 4.00. The molecule has 0 saturated carbocycles. The maximum Gasteiger partial charge on any atom is 0.213 e. The van der Waals surface area contributed by atoms with Crippen molar-refractivity contribution < 1.29 is 4.52 Å². The Morgan fingerprint density at radius 2 is 2.40 bits per heavy atom. The highest BCUT2D eigenvalue weighted by Crippen LogP contribution is 2.14. The SMILES string of the molecule is N#Cc1ccc(CNCc2ncon2)s1. The summed E-state index contributed by atoms with van der Waals surface area (Å²) in [6, 6.07) is 5.85. The van der Waals surface area contributed by atoms with Crippen LogP contribution in [0, 0.1) is 11.3 Å². The summed E-state index contributed by atoms with van der Waals surface area (Å²) in [5.74, 6) is 0.632. The van der Waals surface area contributed by atoms with Crippen LogP contribution in [0.3, 0.4) is 0 Å². The Hall–Kier alpha value is -1.71. The highest BCUT2D eigenvalue weighted by molar-refractivity contribution is 7.12. The first-order valence-electron chi connectivity index (χ1n) is 4.33. The highest BCUT2D eigenvalue weighted by Gasteiger charge is 2.00. The molecule has 2 heterocycles. The number of rotatable bonds is 4. The lowest BCUT2D eigenvalue weighted by Crippen LogP contribution is -2.12. The van der Waals surface area contributed by atoms with Crippen molar-refractivity contribution in [3.05, 3.63) is 34.1 Å². The van der Waals surface area contributed by atoms with Gasteiger partial charge in [-0.05, 0) is 12.1 Å². The van der Waals surface area contributed by atoms with Gasteiger partial charge < -0.3 is 9.84 Å². The molecule has 0 aliphatic rings. The van der Waals surface area contributed by atoms with Crippen molar-refractivity contribution in [1.29, 1.82) is 5.26 Å². The molecule has 0 aromatic carbocycles. The molecule has 76 valence electrons.